The molecule has 1 rings (SSSR count). The fourth-order valence-electron chi connectivity index (χ4n) is 5.19. The topological polar surface area (TPSA) is 92.5 Å². The molecule has 3 N–H and O–H groups in total. The maximum atomic E-state index is 14.0. The normalized spacial score (nSPS) is 13.5. The molecule has 0 aromatic heterocycles. The van der Waals surface area contributed by atoms with Crippen molar-refractivity contribution in [3.63, 3.8) is 0 Å². The number of rotatable bonds is 21. The fraction of sp³-hybridized carbons (Fsp3) is 0.727. The van der Waals surface area contributed by atoms with Crippen LogP contribution in [0.25, 0.3) is 0 Å². The zero-order valence-electron chi connectivity index (χ0n) is 25.8. The molecule has 0 aliphatic carbocycles. The van der Waals surface area contributed by atoms with E-state index in [9.17, 15) is 14.4 Å². The number of unbranched alkanes of at least 4 members (excludes halogenated alkanes) is 3. The largest absolute Gasteiger partial charge is 0.366 e. The summed E-state index contributed by atoms with van der Waals surface area (Å²) in [5, 5.41) is 3.03. The lowest BCUT2D eigenvalue weighted by Gasteiger charge is -2.31. The van der Waals surface area contributed by atoms with Gasteiger partial charge in [0, 0.05) is 36.3 Å². The predicted octanol–water partition coefficient (Wildman–Crippen LogP) is 7.61. The van der Waals surface area contributed by atoms with Crippen molar-refractivity contribution in [3.8, 4) is 0 Å². The lowest BCUT2D eigenvalue weighted by atomic mass is 9.94. The molecular weight excluding hydrogens is 486 g/mol. The number of nitrogens with one attached hydrogen (secondary N) is 1. The maximum Gasteiger partial charge on any atom is 0.253 e. The number of primary amides is 1. The first kappa shape index (κ1) is 34.7. The van der Waals surface area contributed by atoms with Gasteiger partial charge in [0.05, 0.1) is 0 Å². The summed E-state index contributed by atoms with van der Waals surface area (Å²) >= 11 is 0. The Balaban J connectivity index is 3.29. The number of nitrogens with two attached hydrogens (primary N) is 1. The molecule has 0 saturated carbocycles. The van der Waals surface area contributed by atoms with Crippen molar-refractivity contribution in [1.82, 2.24) is 10.2 Å². The molecule has 0 fully saturated rings. The molecule has 0 saturated heterocycles. The Morgan fingerprint density at radius 2 is 1.13 bits per heavy atom. The van der Waals surface area contributed by atoms with Gasteiger partial charge in [0.2, 0.25) is 5.91 Å². The van der Waals surface area contributed by atoms with Gasteiger partial charge >= 0.3 is 0 Å². The highest BCUT2D eigenvalue weighted by Crippen LogP contribution is 2.22. The van der Waals surface area contributed by atoms with Gasteiger partial charge in [-0.1, -0.05) is 99.3 Å². The van der Waals surface area contributed by atoms with Crippen LogP contribution in [0, 0.1) is 17.8 Å². The molecule has 222 valence electrons. The Morgan fingerprint density at radius 3 is 1.56 bits per heavy atom. The van der Waals surface area contributed by atoms with E-state index in [1.54, 1.807) is 12.1 Å². The second-order valence-electron chi connectivity index (χ2n) is 11.3. The van der Waals surface area contributed by atoms with Crippen LogP contribution in [0.5, 0.6) is 0 Å². The van der Waals surface area contributed by atoms with Crippen LogP contribution in [0.1, 0.15) is 150 Å². The van der Waals surface area contributed by atoms with Crippen molar-refractivity contribution >= 4 is 17.7 Å². The van der Waals surface area contributed by atoms with E-state index in [0.29, 0.717) is 48.5 Å². The number of hydrogen-bond acceptors (Lipinski definition) is 3. The van der Waals surface area contributed by atoms with E-state index in [2.05, 4.69) is 46.9 Å². The lowest BCUT2D eigenvalue weighted by Crippen LogP contribution is -2.39. The zero-order valence-corrected chi connectivity index (χ0v) is 25.8. The van der Waals surface area contributed by atoms with Gasteiger partial charge in [0.25, 0.3) is 11.8 Å². The highest BCUT2D eigenvalue weighted by molar-refractivity contribution is 6.04. The van der Waals surface area contributed by atoms with Crippen LogP contribution in [0.3, 0.4) is 0 Å². The number of amides is 3. The van der Waals surface area contributed by atoms with E-state index in [0.717, 1.165) is 77.0 Å². The first-order valence-electron chi connectivity index (χ1n) is 15.8. The van der Waals surface area contributed by atoms with E-state index in [-0.39, 0.29) is 17.4 Å². The molecule has 0 aliphatic heterocycles. The molecule has 1 aromatic carbocycles. The molecule has 0 aliphatic rings. The summed E-state index contributed by atoms with van der Waals surface area (Å²) in [6, 6.07) is 4.71. The molecule has 6 heteroatoms. The number of benzene rings is 1. The third kappa shape index (κ3) is 12.6. The SMILES string of the molecule is CCCCC(CC)CNC(=O)c1cc(C(N)=O)cc(C(=O)N(CC(CC)CCCC)CC(CC)CCCC)c1. The van der Waals surface area contributed by atoms with E-state index < -0.39 is 5.91 Å². The second-order valence-corrected chi connectivity index (χ2v) is 11.3. The minimum atomic E-state index is -0.636. The number of nitrogens with zero attached hydrogens (tertiary/aromatic N) is 1. The summed E-state index contributed by atoms with van der Waals surface area (Å²) < 4.78 is 0. The van der Waals surface area contributed by atoms with Crippen LogP contribution < -0.4 is 11.1 Å². The molecule has 0 heterocycles. The van der Waals surface area contributed by atoms with Gasteiger partial charge < -0.3 is 16.0 Å². The summed E-state index contributed by atoms with van der Waals surface area (Å²) in [4.78, 5) is 41.4. The first-order chi connectivity index (χ1) is 18.7. The van der Waals surface area contributed by atoms with Gasteiger partial charge in [-0.05, 0) is 55.2 Å². The van der Waals surface area contributed by atoms with Crippen molar-refractivity contribution in [2.45, 2.75) is 119 Å². The maximum absolute atomic E-state index is 14.0. The van der Waals surface area contributed by atoms with Crippen molar-refractivity contribution in [1.29, 1.82) is 0 Å². The van der Waals surface area contributed by atoms with Crippen LogP contribution >= 0.6 is 0 Å². The van der Waals surface area contributed by atoms with Crippen LogP contribution in [-0.2, 0) is 0 Å². The lowest BCUT2D eigenvalue weighted by molar-refractivity contribution is 0.0685. The van der Waals surface area contributed by atoms with Crippen molar-refractivity contribution in [2.75, 3.05) is 19.6 Å². The molecule has 3 amide bonds. The summed E-state index contributed by atoms with van der Waals surface area (Å²) in [6.45, 7) is 15.0. The second kappa shape index (κ2) is 19.7. The van der Waals surface area contributed by atoms with E-state index in [1.807, 2.05) is 4.90 Å². The van der Waals surface area contributed by atoms with Crippen LogP contribution in [0.2, 0.25) is 0 Å². The molecule has 0 radical (unpaired) electrons. The van der Waals surface area contributed by atoms with Gasteiger partial charge in [0.15, 0.2) is 0 Å². The Morgan fingerprint density at radius 1 is 0.692 bits per heavy atom. The monoisotopic (exact) mass is 543 g/mol. The summed E-state index contributed by atoms with van der Waals surface area (Å²) in [5.74, 6) is 0.239. The Bertz CT molecular complexity index is 852. The zero-order chi connectivity index (χ0) is 29.2. The third-order valence-electron chi connectivity index (χ3n) is 8.15. The van der Waals surface area contributed by atoms with Crippen LogP contribution in [0.15, 0.2) is 18.2 Å². The average Bonchev–Trinajstić information content (AvgIpc) is 2.95. The average molecular weight is 544 g/mol. The summed E-state index contributed by atoms with van der Waals surface area (Å²) in [6.07, 6.45) is 13.1. The van der Waals surface area contributed by atoms with Crippen LogP contribution in [-0.4, -0.2) is 42.3 Å². The molecule has 0 spiro atoms. The minimum absolute atomic E-state index is 0.119. The highest BCUT2D eigenvalue weighted by atomic mass is 16.2. The van der Waals surface area contributed by atoms with Gasteiger partial charge in [-0.2, -0.15) is 0 Å². The first-order valence-corrected chi connectivity index (χ1v) is 15.8. The predicted molar refractivity (Wildman–Crippen MR) is 163 cm³/mol. The summed E-state index contributed by atoms with van der Waals surface area (Å²) in [5.41, 5.74) is 6.52. The number of carbonyl (C=O) groups excluding carboxylic acids is 3. The Hall–Kier alpha value is -2.37. The standard InChI is InChI=1S/C33H57N3O3/c1-7-13-16-25(10-4)22-35-32(38)29-19-28(31(34)37)20-30(21-29)33(39)36(23-26(11-5)17-14-8-2)24-27(12-6)18-15-9-3/h19-21,25-27H,7-18,22-24H2,1-6H3,(H2,34,37)(H,35,38). The molecule has 1 aromatic rings. The minimum Gasteiger partial charge on any atom is -0.366 e. The van der Waals surface area contributed by atoms with E-state index in [4.69, 9.17) is 5.73 Å². The molecular formula is C33H57N3O3. The van der Waals surface area contributed by atoms with Crippen molar-refractivity contribution in [3.05, 3.63) is 34.9 Å². The van der Waals surface area contributed by atoms with Gasteiger partial charge in [0.1, 0.15) is 0 Å². The summed E-state index contributed by atoms with van der Waals surface area (Å²) in [7, 11) is 0. The molecule has 3 atom stereocenters. The van der Waals surface area contributed by atoms with E-state index >= 15 is 0 Å². The Kier molecular flexibility index (Phi) is 17.5. The molecule has 3 unspecified atom stereocenters. The highest BCUT2D eigenvalue weighted by Gasteiger charge is 2.24. The quantitative estimate of drug-likeness (QED) is 0.167. The smallest absolute Gasteiger partial charge is 0.253 e. The molecule has 0 bridgehead atoms. The van der Waals surface area contributed by atoms with Crippen molar-refractivity contribution < 1.29 is 14.4 Å². The molecule has 39 heavy (non-hydrogen) atoms. The van der Waals surface area contributed by atoms with Crippen LogP contribution in [0.4, 0.5) is 0 Å². The van der Waals surface area contributed by atoms with Gasteiger partial charge in [-0.25, -0.2) is 0 Å². The van der Waals surface area contributed by atoms with Gasteiger partial charge in [-0.3, -0.25) is 14.4 Å². The third-order valence-corrected chi connectivity index (χ3v) is 8.15. The van der Waals surface area contributed by atoms with Crippen molar-refractivity contribution in [2.24, 2.45) is 23.5 Å². The molecule has 6 nitrogen and oxygen atoms in total. The Labute approximate surface area is 238 Å². The number of carbonyl (C=O) groups is 3. The number of hydrogen-bond donors (Lipinski definition) is 2. The van der Waals surface area contributed by atoms with E-state index in [1.165, 1.54) is 6.07 Å². The van der Waals surface area contributed by atoms with Gasteiger partial charge in [-0.15, -0.1) is 0 Å². The fourth-order valence-corrected chi connectivity index (χ4v) is 5.19.